The van der Waals surface area contributed by atoms with Crippen molar-refractivity contribution in [3.05, 3.63) is 16.1 Å². The Kier molecular flexibility index (Phi) is 7.99. The molecule has 1 aromatic heterocycles. The molecule has 1 aromatic rings. The van der Waals surface area contributed by atoms with Crippen LogP contribution >= 0.6 is 11.3 Å². The zero-order valence-electron chi connectivity index (χ0n) is 15.4. The van der Waals surface area contributed by atoms with Crippen LogP contribution in [0.2, 0.25) is 0 Å². The van der Waals surface area contributed by atoms with Crippen LogP contribution in [0.5, 0.6) is 0 Å². The lowest BCUT2D eigenvalue weighted by Crippen LogP contribution is -2.47. The number of aliphatic imine (C=N–C) groups is 1. The van der Waals surface area contributed by atoms with Gasteiger partial charge in [-0.2, -0.15) is 0 Å². The summed E-state index contributed by atoms with van der Waals surface area (Å²) < 4.78 is 5.26. The third kappa shape index (κ3) is 6.06. The minimum atomic E-state index is 0.413. The second-order valence-electron chi connectivity index (χ2n) is 6.79. The largest absolute Gasteiger partial charge is 0.385 e. The highest BCUT2D eigenvalue weighted by molar-refractivity contribution is 7.09. The fourth-order valence-corrected chi connectivity index (χ4v) is 3.95. The van der Waals surface area contributed by atoms with Gasteiger partial charge in [0.25, 0.3) is 0 Å². The quantitative estimate of drug-likeness (QED) is 0.386. The summed E-state index contributed by atoms with van der Waals surface area (Å²) in [6, 6.07) is 0. The lowest BCUT2D eigenvalue weighted by molar-refractivity contribution is 0.0732. The van der Waals surface area contributed by atoms with Crippen molar-refractivity contribution in [3.63, 3.8) is 0 Å². The van der Waals surface area contributed by atoms with Gasteiger partial charge < -0.3 is 15.4 Å². The summed E-state index contributed by atoms with van der Waals surface area (Å²) in [5.74, 6) is 0.920. The first-order valence-corrected chi connectivity index (χ1v) is 9.90. The molecule has 0 aromatic carbocycles. The van der Waals surface area contributed by atoms with E-state index in [9.17, 15) is 0 Å². The van der Waals surface area contributed by atoms with E-state index in [2.05, 4.69) is 32.9 Å². The van der Waals surface area contributed by atoms with E-state index in [1.165, 1.54) is 24.3 Å². The highest BCUT2D eigenvalue weighted by Crippen LogP contribution is 2.43. The summed E-state index contributed by atoms with van der Waals surface area (Å²) in [6.07, 6.45) is 8.45. The third-order valence-corrected chi connectivity index (χ3v) is 5.91. The van der Waals surface area contributed by atoms with Gasteiger partial charge in [0, 0.05) is 44.9 Å². The van der Waals surface area contributed by atoms with Crippen LogP contribution in [-0.2, 0) is 11.2 Å². The van der Waals surface area contributed by atoms with Gasteiger partial charge in [-0.1, -0.05) is 6.42 Å². The van der Waals surface area contributed by atoms with Crippen LogP contribution in [0.1, 0.15) is 49.2 Å². The van der Waals surface area contributed by atoms with Crippen LogP contribution in [0.25, 0.3) is 0 Å². The fraction of sp³-hybridized carbons (Fsp3) is 0.778. The van der Waals surface area contributed by atoms with Gasteiger partial charge >= 0.3 is 0 Å². The van der Waals surface area contributed by atoms with Crippen molar-refractivity contribution >= 4 is 17.3 Å². The van der Waals surface area contributed by atoms with Crippen molar-refractivity contribution in [3.8, 4) is 0 Å². The summed E-state index contributed by atoms with van der Waals surface area (Å²) in [7, 11) is 3.63. The summed E-state index contributed by atoms with van der Waals surface area (Å²) in [5.41, 5.74) is 1.55. The fourth-order valence-electron chi connectivity index (χ4n) is 3.13. The molecule has 2 N–H and O–H groups in total. The molecule has 0 spiro atoms. The van der Waals surface area contributed by atoms with Gasteiger partial charge in [-0.15, -0.1) is 11.3 Å². The Morgan fingerprint density at radius 3 is 2.79 bits per heavy atom. The molecule has 2 rings (SSSR count). The normalized spacial score (nSPS) is 16.7. The second kappa shape index (κ2) is 9.99. The average Bonchev–Trinajstić information content (AvgIpc) is 2.96. The lowest BCUT2D eigenvalue weighted by atomic mass is 9.67. The molecule has 1 saturated carbocycles. The number of thiazole rings is 1. The van der Waals surface area contributed by atoms with E-state index in [4.69, 9.17) is 4.74 Å². The van der Waals surface area contributed by atoms with Gasteiger partial charge in [0.1, 0.15) is 0 Å². The number of guanidine groups is 1. The Morgan fingerprint density at radius 2 is 2.21 bits per heavy atom. The number of rotatable bonds is 10. The summed E-state index contributed by atoms with van der Waals surface area (Å²) >= 11 is 1.77. The monoisotopic (exact) mass is 352 g/mol. The molecule has 24 heavy (non-hydrogen) atoms. The predicted octanol–water partition coefficient (Wildman–Crippen LogP) is 3.15. The molecule has 0 amide bonds. The first-order valence-electron chi connectivity index (χ1n) is 9.02. The van der Waals surface area contributed by atoms with E-state index in [1.807, 2.05) is 7.05 Å². The molecule has 5 nitrogen and oxygen atoms in total. The predicted molar refractivity (Wildman–Crippen MR) is 102 cm³/mol. The smallest absolute Gasteiger partial charge is 0.190 e. The molecule has 1 fully saturated rings. The second-order valence-corrected chi connectivity index (χ2v) is 7.73. The van der Waals surface area contributed by atoms with Crippen molar-refractivity contribution in [1.82, 2.24) is 15.6 Å². The van der Waals surface area contributed by atoms with E-state index in [0.717, 1.165) is 57.0 Å². The summed E-state index contributed by atoms with van der Waals surface area (Å²) in [6.45, 7) is 4.85. The zero-order valence-corrected chi connectivity index (χ0v) is 16.2. The van der Waals surface area contributed by atoms with E-state index in [1.54, 1.807) is 18.4 Å². The van der Waals surface area contributed by atoms with Gasteiger partial charge in [-0.25, -0.2) is 4.98 Å². The number of hydrogen-bond acceptors (Lipinski definition) is 4. The van der Waals surface area contributed by atoms with Crippen molar-refractivity contribution in [2.24, 2.45) is 10.4 Å². The Morgan fingerprint density at radius 1 is 1.38 bits per heavy atom. The average molecular weight is 353 g/mol. The van der Waals surface area contributed by atoms with Gasteiger partial charge in [-0.3, -0.25) is 4.99 Å². The van der Waals surface area contributed by atoms with Crippen molar-refractivity contribution < 1.29 is 4.74 Å². The maximum Gasteiger partial charge on any atom is 0.190 e. The molecule has 1 aliphatic rings. The van der Waals surface area contributed by atoms with Crippen molar-refractivity contribution in [2.75, 3.05) is 33.9 Å². The Labute approximate surface area is 150 Å². The van der Waals surface area contributed by atoms with Crippen LogP contribution < -0.4 is 10.6 Å². The summed E-state index contributed by atoms with van der Waals surface area (Å²) in [4.78, 5) is 8.85. The van der Waals surface area contributed by atoms with Gasteiger partial charge in [0.15, 0.2) is 5.96 Å². The summed E-state index contributed by atoms with van der Waals surface area (Å²) in [5, 5.41) is 10.3. The highest BCUT2D eigenvalue weighted by atomic mass is 32.1. The Hall–Kier alpha value is -1.14. The molecule has 0 radical (unpaired) electrons. The van der Waals surface area contributed by atoms with Crippen molar-refractivity contribution in [2.45, 2.75) is 51.9 Å². The van der Waals surface area contributed by atoms with Gasteiger partial charge in [-0.05, 0) is 50.9 Å². The maximum absolute atomic E-state index is 5.26. The molecule has 0 aliphatic heterocycles. The molecule has 0 saturated heterocycles. The van der Waals surface area contributed by atoms with Crippen LogP contribution in [-0.4, -0.2) is 44.8 Å². The van der Waals surface area contributed by atoms with E-state index in [0.29, 0.717) is 5.41 Å². The standard InChI is InChI=1S/C18H32N4OS/c1-15-13-24-16(22-15)7-4-5-11-20-17(19-2)21-14-18(8-6-9-18)10-12-23-3/h13H,4-12,14H2,1-3H3,(H2,19,20,21). The maximum atomic E-state index is 5.26. The molecule has 1 aliphatic carbocycles. The number of methoxy groups -OCH3 is 1. The molecular formula is C18H32N4OS. The number of aryl methyl sites for hydroxylation is 2. The number of nitrogens with one attached hydrogen (secondary N) is 2. The molecule has 0 unspecified atom stereocenters. The van der Waals surface area contributed by atoms with Crippen LogP contribution in [0.3, 0.4) is 0 Å². The topological polar surface area (TPSA) is 58.5 Å². The number of ether oxygens (including phenoxy) is 1. The van der Waals surface area contributed by atoms with Crippen LogP contribution in [0.4, 0.5) is 0 Å². The van der Waals surface area contributed by atoms with E-state index >= 15 is 0 Å². The zero-order chi connectivity index (χ0) is 17.3. The van der Waals surface area contributed by atoms with Crippen LogP contribution in [0.15, 0.2) is 10.4 Å². The van der Waals surface area contributed by atoms with E-state index in [-0.39, 0.29) is 0 Å². The lowest BCUT2D eigenvalue weighted by Gasteiger charge is -2.42. The molecule has 136 valence electrons. The molecule has 6 heteroatoms. The first kappa shape index (κ1) is 19.2. The van der Waals surface area contributed by atoms with Gasteiger partial charge in [0.2, 0.25) is 0 Å². The first-order chi connectivity index (χ1) is 11.7. The SMILES string of the molecule is CN=C(NCCCCc1nc(C)cs1)NCC1(CCOC)CCC1. The van der Waals surface area contributed by atoms with Crippen LogP contribution in [0, 0.1) is 12.3 Å². The molecule has 0 bridgehead atoms. The Bertz CT molecular complexity index is 511. The number of unbranched alkanes of at least 4 members (excludes halogenated alkanes) is 1. The minimum Gasteiger partial charge on any atom is -0.385 e. The number of hydrogen-bond donors (Lipinski definition) is 2. The number of aromatic nitrogens is 1. The molecular weight excluding hydrogens is 320 g/mol. The van der Waals surface area contributed by atoms with E-state index < -0.39 is 0 Å². The Balaban J connectivity index is 1.60. The third-order valence-electron chi connectivity index (χ3n) is 4.88. The van der Waals surface area contributed by atoms with Crippen molar-refractivity contribution in [1.29, 1.82) is 0 Å². The minimum absolute atomic E-state index is 0.413. The highest BCUT2D eigenvalue weighted by Gasteiger charge is 2.36. The van der Waals surface area contributed by atoms with Gasteiger partial charge in [0.05, 0.1) is 5.01 Å². The molecule has 0 atom stereocenters. The molecule has 1 heterocycles. The number of nitrogens with zero attached hydrogens (tertiary/aromatic N) is 2.